The van der Waals surface area contributed by atoms with Gasteiger partial charge in [-0.15, -0.1) is 22.0 Å². The Labute approximate surface area is 110 Å². The molecule has 100 valence electrons. The van der Waals surface area contributed by atoms with Gasteiger partial charge in [-0.3, -0.25) is 4.79 Å². The Hall–Kier alpha value is -1.77. The van der Waals surface area contributed by atoms with E-state index >= 15 is 0 Å². The first kappa shape index (κ1) is 13.7. The fourth-order valence-corrected chi connectivity index (χ4v) is 2.17. The van der Waals surface area contributed by atoms with Crippen molar-refractivity contribution < 1.29 is 18.0 Å². The van der Waals surface area contributed by atoms with Gasteiger partial charge in [-0.05, 0) is 28.8 Å². The number of nitrogens with zero attached hydrogens (tertiary/aromatic N) is 4. The predicted octanol–water partition coefficient (Wildman–Crippen LogP) is 3.77. The second-order valence-electron chi connectivity index (χ2n) is 3.62. The van der Waals surface area contributed by atoms with Crippen LogP contribution < -0.4 is 0 Å². The third-order valence-corrected chi connectivity index (χ3v) is 3.38. The molecule has 0 fully saturated rings. The molecule has 9 heteroatoms. The lowest BCUT2D eigenvalue weighted by Crippen LogP contribution is -2.37. The Morgan fingerprint density at radius 3 is 2.37 bits per heavy atom. The molecule has 0 unspecified atom stereocenters. The molecule has 0 aliphatic carbocycles. The molecule has 0 radical (unpaired) electrons. The van der Waals surface area contributed by atoms with E-state index in [-0.39, 0.29) is 11.1 Å². The zero-order valence-corrected chi connectivity index (χ0v) is 10.4. The van der Waals surface area contributed by atoms with Crippen molar-refractivity contribution in [2.45, 2.75) is 16.7 Å². The molecule has 0 spiro atoms. The molecule has 1 aliphatic rings. The maximum absolute atomic E-state index is 13.1. The summed E-state index contributed by atoms with van der Waals surface area (Å²) in [6.45, 7) is 0. The van der Waals surface area contributed by atoms with Crippen molar-refractivity contribution in [1.82, 2.24) is 0 Å². The van der Waals surface area contributed by atoms with E-state index in [1.807, 2.05) is 0 Å². The first-order valence-electron chi connectivity index (χ1n) is 4.99. The minimum absolute atomic E-state index is 0.144. The van der Waals surface area contributed by atoms with Gasteiger partial charge in [0, 0.05) is 16.0 Å². The van der Waals surface area contributed by atoms with Crippen molar-refractivity contribution >= 4 is 18.0 Å². The van der Waals surface area contributed by atoms with E-state index in [1.54, 1.807) is 6.26 Å². The summed E-state index contributed by atoms with van der Waals surface area (Å²) in [5.74, 6) is 0. The topological polar surface area (TPSA) is 66.5 Å². The van der Waals surface area contributed by atoms with Crippen LogP contribution in [0.4, 0.5) is 13.2 Å². The largest absolute Gasteiger partial charge is 0.442 e. The average Bonchev–Trinajstić information content (AvgIpc) is 2.88. The molecule has 19 heavy (non-hydrogen) atoms. The molecule has 2 rings (SSSR count). The SMILES string of the molecule is CSc1ccc(C2(C(F)(F)F)N=NN=N2)cc1C=O. The summed E-state index contributed by atoms with van der Waals surface area (Å²) in [5.41, 5.74) is -2.99. The standard InChI is InChI=1S/C10H7F3N4OS/c1-19-8-3-2-7(4-6(8)5-18)9(10(11,12)13)14-16-17-15-9/h2-5H,1H3. The third kappa shape index (κ3) is 2.14. The first-order chi connectivity index (χ1) is 8.94. The lowest BCUT2D eigenvalue weighted by molar-refractivity contribution is -0.187. The smallest absolute Gasteiger partial charge is 0.298 e. The van der Waals surface area contributed by atoms with E-state index in [0.29, 0.717) is 11.2 Å². The van der Waals surface area contributed by atoms with Crippen molar-refractivity contribution in [2.75, 3.05) is 6.26 Å². The van der Waals surface area contributed by atoms with E-state index in [2.05, 4.69) is 20.7 Å². The number of benzene rings is 1. The van der Waals surface area contributed by atoms with Gasteiger partial charge >= 0.3 is 11.8 Å². The number of aldehydes is 1. The predicted molar refractivity (Wildman–Crippen MR) is 61.1 cm³/mol. The summed E-state index contributed by atoms with van der Waals surface area (Å²) in [5, 5.41) is 12.1. The number of carbonyl (C=O) groups excluding carboxylic acids is 1. The van der Waals surface area contributed by atoms with Gasteiger partial charge in [-0.2, -0.15) is 13.2 Å². The Morgan fingerprint density at radius 2 is 1.89 bits per heavy atom. The van der Waals surface area contributed by atoms with Crippen molar-refractivity contribution in [3.8, 4) is 0 Å². The van der Waals surface area contributed by atoms with E-state index in [1.165, 1.54) is 23.9 Å². The molecule has 1 aromatic carbocycles. The molecule has 0 N–H and O–H groups in total. The van der Waals surface area contributed by atoms with Crippen molar-refractivity contribution in [2.24, 2.45) is 20.7 Å². The second-order valence-corrected chi connectivity index (χ2v) is 4.47. The monoisotopic (exact) mass is 288 g/mol. The van der Waals surface area contributed by atoms with Gasteiger partial charge in [0.2, 0.25) is 0 Å². The van der Waals surface area contributed by atoms with Crippen molar-refractivity contribution in [1.29, 1.82) is 0 Å². The molecular weight excluding hydrogens is 281 g/mol. The van der Waals surface area contributed by atoms with Gasteiger partial charge in [0.05, 0.1) is 0 Å². The van der Waals surface area contributed by atoms with Gasteiger partial charge in [-0.1, -0.05) is 6.07 Å². The van der Waals surface area contributed by atoms with E-state index in [0.717, 1.165) is 6.07 Å². The summed E-state index contributed by atoms with van der Waals surface area (Å²) < 4.78 is 39.4. The first-order valence-corrected chi connectivity index (χ1v) is 6.21. The molecule has 1 heterocycles. The van der Waals surface area contributed by atoms with Crippen LogP contribution in [0.1, 0.15) is 15.9 Å². The Bertz CT molecular complexity index is 558. The molecule has 0 bridgehead atoms. The van der Waals surface area contributed by atoms with E-state index in [9.17, 15) is 18.0 Å². The van der Waals surface area contributed by atoms with Crippen LogP contribution in [0.2, 0.25) is 0 Å². The second kappa shape index (κ2) is 4.72. The normalized spacial score (nSPS) is 16.8. The average molecular weight is 288 g/mol. The molecule has 0 atom stereocenters. The van der Waals surface area contributed by atoms with Crippen LogP contribution in [0.3, 0.4) is 0 Å². The summed E-state index contributed by atoms with van der Waals surface area (Å²) >= 11 is 1.26. The van der Waals surface area contributed by atoms with Crippen LogP contribution in [0.25, 0.3) is 0 Å². The Balaban J connectivity index is 2.60. The van der Waals surface area contributed by atoms with Crippen LogP contribution in [-0.2, 0) is 5.66 Å². The van der Waals surface area contributed by atoms with Gasteiger partial charge in [0.25, 0.3) is 0 Å². The molecule has 1 aromatic rings. The van der Waals surface area contributed by atoms with E-state index < -0.39 is 11.8 Å². The molecule has 0 saturated carbocycles. The number of halogens is 3. The highest BCUT2D eigenvalue weighted by atomic mass is 32.2. The number of hydrogen-bond acceptors (Lipinski definition) is 6. The van der Waals surface area contributed by atoms with E-state index in [4.69, 9.17) is 0 Å². The van der Waals surface area contributed by atoms with Crippen LogP contribution in [0.15, 0.2) is 43.8 Å². The number of alkyl halides is 3. The molecule has 0 amide bonds. The molecule has 1 aliphatic heterocycles. The molecule has 5 nitrogen and oxygen atoms in total. The Kier molecular flexibility index (Phi) is 3.40. The molecular formula is C10H7F3N4OS. The number of hydrogen-bond donors (Lipinski definition) is 0. The highest BCUT2D eigenvalue weighted by Crippen LogP contribution is 2.46. The lowest BCUT2D eigenvalue weighted by Gasteiger charge is -2.23. The molecule has 0 aromatic heterocycles. The minimum atomic E-state index is -4.78. The van der Waals surface area contributed by atoms with Crippen molar-refractivity contribution in [3.63, 3.8) is 0 Å². The van der Waals surface area contributed by atoms with Gasteiger partial charge in [0.15, 0.2) is 6.29 Å². The lowest BCUT2D eigenvalue weighted by atomic mass is 9.98. The zero-order valence-electron chi connectivity index (χ0n) is 9.55. The number of rotatable bonds is 3. The number of thioether (sulfide) groups is 1. The maximum Gasteiger partial charge on any atom is 0.442 e. The Morgan fingerprint density at radius 1 is 1.26 bits per heavy atom. The van der Waals surface area contributed by atoms with Gasteiger partial charge < -0.3 is 0 Å². The maximum atomic E-state index is 13.1. The summed E-state index contributed by atoms with van der Waals surface area (Å²) in [7, 11) is 0. The summed E-state index contributed by atoms with van der Waals surface area (Å²) in [4.78, 5) is 11.5. The van der Waals surface area contributed by atoms with Crippen LogP contribution >= 0.6 is 11.8 Å². The summed E-state index contributed by atoms with van der Waals surface area (Å²) in [6.07, 6.45) is -2.57. The van der Waals surface area contributed by atoms with Gasteiger partial charge in [-0.25, -0.2) is 0 Å². The van der Waals surface area contributed by atoms with Crippen LogP contribution in [0.5, 0.6) is 0 Å². The third-order valence-electron chi connectivity index (χ3n) is 2.57. The van der Waals surface area contributed by atoms with Gasteiger partial charge in [0.1, 0.15) is 0 Å². The minimum Gasteiger partial charge on any atom is -0.298 e. The highest BCUT2D eigenvalue weighted by Gasteiger charge is 2.60. The summed E-state index contributed by atoms with van der Waals surface area (Å²) in [6, 6.07) is 3.74. The highest BCUT2D eigenvalue weighted by molar-refractivity contribution is 7.98. The fraction of sp³-hybridized carbons (Fsp3) is 0.300. The zero-order chi connectivity index (χ0) is 14.1. The number of carbonyl (C=O) groups is 1. The molecule has 0 saturated heterocycles. The van der Waals surface area contributed by atoms with Crippen LogP contribution in [-0.4, -0.2) is 18.7 Å². The van der Waals surface area contributed by atoms with Crippen LogP contribution in [0, 0.1) is 0 Å². The fourth-order valence-electron chi connectivity index (χ4n) is 1.63. The quantitative estimate of drug-likeness (QED) is 0.627. The van der Waals surface area contributed by atoms with Crippen molar-refractivity contribution in [3.05, 3.63) is 29.3 Å².